The lowest BCUT2D eigenvalue weighted by Crippen LogP contribution is -2.10. The summed E-state index contributed by atoms with van der Waals surface area (Å²) in [7, 11) is 0. The first-order chi connectivity index (χ1) is 9.81. The predicted octanol–water partition coefficient (Wildman–Crippen LogP) is 5.48. The number of unbranched alkanes of at least 4 members (excludes halogenated alkanes) is 9. The highest BCUT2D eigenvalue weighted by Crippen LogP contribution is 2.12. The highest BCUT2D eigenvalue weighted by atomic mass is 16.5. The van der Waals surface area contributed by atoms with E-state index in [9.17, 15) is 5.11 Å². The first kappa shape index (κ1) is 19.9. The van der Waals surface area contributed by atoms with E-state index in [2.05, 4.69) is 13.8 Å². The van der Waals surface area contributed by atoms with E-state index in [0.717, 1.165) is 25.9 Å². The molecular weight excluding hydrogens is 248 g/mol. The van der Waals surface area contributed by atoms with E-state index in [4.69, 9.17) is 4.74 Å². The second kappa shape index (κ2) is 17.0. The van der Waals surface area contributed by atoms with Crippen molar-refractivity contribution in [1.29, 1.82) is 0 Å². The van der Waals surface area contributed by atoms with Crippen LogP contribution in [-0.4, -0.2) is 24.4 Å². The Kier molecular flexibility index (Phi) is 16.9. The summed E-state index contributed by atoms with van der Waals surface area (Å²) in [6.45, 7) is 5.92. The van der Waals surface area contributed by atoms with Gasteiger partial charge in [-0.1, -0.05) is 78.1 Å². The van der Waals surface area contributed by atoms with Crippen molar-refractivity contribution in [3.8, 4) is 0 Å². The van der Waals surface area contributed by atoms with Crippen LogP contribution in [0.2, 0.25) is 0 Å². The third kappa shape index (κ3) is 16.0. The van der Waals surface area contributed by atoms with Gasteiger partial charge in [-0.25, -0.2) is 0 Å². The van der Waals surface area contributed by atoms with Crippen LogP contribution in [0.3, 0.4) is 0 Å². The molecule has 2 nitrogen and oxygen atoms in total. The lowest BCUT2D eigenvalue weighted by atomic mass is 10.0. The minimum atomic E-state index is -0.152. The average Bonchev–Trinajstić information content (AvgIpc) is 2.45. The molecule has 0 aromatic rings. The molecule has 1 atom stereocenters. The third-order valence-electron chi connectivity index (χ3n) is 3.83. The van der Waals surface area contributed by atoms with Crippen molar-refractivity contribution >= 4 is 0 Å². The SMILES string of the molecule is CCCCCCCCCCCCC(O)CCOCCC. The molecule has 0 radical (unpaired) electrons. The second-order valence-corrected chi connectivity index (χ2v) is 6.03. The zero-order valence-electron chi connectivity index (χ0n) is 14.0. The van der Waals surface area contributed by atoms with Gasteiger partial charge in [0, 0.05) is 13.2 Å². The van der Waals surface area contributed by atoms with Crippen molar-refractivity contribution in [1.82, 2.24) is 0 Å². The van der Waals surface area contributed by atoms with E-state index in [0.29, 0.717) is 6.61 Å². The van der Waals surface area contributed by atoms with Gasteiger partial charge in [0.05, 0.1) is 6.10 Å². The summed E-state index contributed by atoms with van der Waals surface area (Å²) in [5, 5.41) is 9.79. The Morgan fingerprint density at radius 1 is 0.650 bits per heavy atom. The first-order valence-corrected chi connectivity index (χ1v) is 9.07. The van der Waals surface area contributed by atoms with Crippen molar-refractivity contribution in [3.05, 3.63) is 0 Å². The first-order valence-electron chi connectivity index (χ1n) is 9.07. The Bertz CT molecular complexity index is 171. The Hall–Kier alpha value is -0.0800. The summed E-state index contributed by atoms with van der Waals surface area (Å²) in [6, 6.07) is 0. The van der Waals surface area contributed by atoms with Crippen LogP contribution in [0.15, 0.2) is 0 Å². The van der Waals surface area contributed by atoms with Crippen LogP contribution in [0, 0.1) is 0 Å². The lowest BCUT2D eigenvalue weighted by molar-refractivity contribution is 0.0771. The topological polar surface area (TPSA) is 29.5 Å². The summed E-state index contributed by atoms with van der Waals surface area (Å²) in [6.07, 6.45) is 16.2. The summed E-state index contributed by atoms with van der Waals surface area (Å²) in [5.74, 6) is 0. The Balaban J connectivity index is 3.07. The molecule has 122 valence electrons. The maximum Gasteiger partial charge on any atom is 0.0562 e. The molecule has 1 N–H and O–H groups in total. The summed E-state index contributed by atoms with van der Waals surface area (Å²) < 4.78 is 5.39. The van der Waals surface area contributed by atoms with Gasteiger partial charge in [-0.15, -0.1) is 0 Å². The normalized spacial score (nSPS) is 12.8. The molecule has 0 aromatic heterocycles. The average molecular weight is 286 g/mol. The molecule has 0 aliphatic heterocycles. The smallest absolute Gasteiger partial charge is 0.0562 e. The van der Waals surface area contributed by atoms with E-state index in [-0.39, 0.29) is 6.10 Å². The molecule has 20 heavy (non-hydrogen) atoms. The number of ether oxygens (including phenoxy) is 1. The molecule has 0 saturated heterocycles. The molecule has 0 rings (SSSR count). The fourth-order valence-corrected chi connectivity index (χ4v) is 2.48. The minimum Gasteiger partial charge on any atom is -0.393 e. The Morgan fingerprint density at radius 2 is 1.20 bits per heavy atom. The van der Waals surface area contributed by atoms with Crippen LogP contribution >= 0.6 is 0 Å². The van der Waals surface area contributed by atoms with E-state index >= 15 is 0 Å². The van der Waals surface area contributed by atoms with Crippen molar-refractivity contribution in [2.75, 3.05) is 13.2 Å². The zero-order valence-corrected chi connectivity index (χ0v) is 14.0. The maximum absolute atomic E-state index is 9.79. The molecule has 0 bridgehead atoms. The van der Waals surface area contributed by atoms with Gasteiger partial charge < -0.3 is 9.84 Å². The molecule has 1 unspecified atom stereocenters. The molecule has 0 aliphatic carbocycles. The quantitative estimate of drug-likeness (QED) is 0.381. The molecular formula is C18H38O2. The van der Waals surface area contributed by atoms with Crippen LogP contribution in [0.25, 0.3) is 0 Å². The van der Waals surface area contributed by atoms with Crippen molar-refractivity contribution in [2.24, 2.45) is 0 Å². The minimum absolute atomic E-state index is 0.152. The van der Waals surface area contributed by atoms with Gasteiger partial charge in [-0.3, -0.25) is 0 Å². The molecule has 0 amide bonds. The van der Waals surface area contributed by atoms with Crippen molar-refractivity contribution < 1.29 is 9.84 Å². The predicted molar refractivity (Wildman–Crippen MR) is 88.2 cm³/mol. The molecule has 0 spiro atoms. The van der Waals surface area contributed by atoms with E-state index in [1.54, 1.807) is 0 Å². The van der Waals surface area contributed by atoms with E-state index in [1.807, 2.05) is 0 Å². The molecule has 0 aliphatic rings. The van der Waals surface area contributed by atoms with Crippen LogP contribution in [0.1, 0.15) is 97.3 Å². The summed E-state index contributed by atoms with van der Waals surface area (Å²) in [4.78, 5) is 0. The Labute approximate surface area is 127 Å². The van der Waals surface area contributed by atoms with Gasteiger partial charge in [0.1, 0.15) is 0 Å². The largest absolute Gasteiger partial charge is 0.393 e. The standard InChI is InChI=1S/C18H38O2/c1-3-5-6-7-8-9-10-11-12-13-14-18(19)15-17-20-16-4-2/h18-19H,3-17H2,1-2H3. The highest BCUT2D eigenvalue weighted by Gasteiger charge is 2.03. The number of rotatable bonds is 16. The molecule has 0 heterocycles. The number of aliphatic hydroxyl groups excluding tert-OH is 1. The van der Waals surface area contributed by atoms with Crippen LogP contribution in [0.4, 0.5) is 0 Å². The van der Waals surface area contributed by atoms with E-state index in [1.165, 1.54) is 64.2 Å². The second-order valence-electron chi connectivity index (χ2n) is 6.03. The van der Waals surface area contributed by atoms with Crippen LogP contribution in [0.5, 0.6) is 0 Å². The van der Waals surface area contributed by atoms with Gasteiger partial charge in [0.2, 0.25) is 0 Å². The van der Waals surface area contributed by atoms with Crippen LogP contribution < -0.4 is 0 Å². The molecule has 0 saturated carbocycles. The third-order valence-corrected chi connectivity index (χ3v) is 3.83. The van der Waals surface area contributed by atoms with Crippen molar-refractivity contribution in [3.63, 3.8) is 0 Å². The number of aliphatic hydroxyl groups is 1. The van der Waals surface area contributed by atoms with Crippen LogP contribution in [-0.2, 0) is 4.74 Å². The van der Waals surface area contributed by atoms with Gasteiger partial charge in [-0.05, 0) is 19.3 Å². The maximum atomic E-state index is 9.79. The Morgan fingerprint density at radius 3 is 1.75 bits per heavy atom. The van der Waals surface area contributed by atoms with Gasteiger partial charge in [0.25, 0.3) is 0 Å². The summed E-state index contributed by atoms with van der Waals surface area (Å²) in [5.41, 5.74) is 0. The fourth-order valence-electron chi connectivity index (χ4n) is 2.48. The van der Waals surface area contributed by atoms with Gasteiger partial charge >= 0.3 is 0 Å². The zero-order chi connectivity index (χ0) is 14.9. The fraction of sp³-hybridized carbons (Fsp3) is 1.00. The van der Waals surface area contributed by atoms with E-state index < -0.39 is 0 Å². The monoisotopic (exact) mass is 286 g/mol. The number of hydrogen-bond acceptors (Lipinski definition) is 2. The molecule has 0 aromatic carbocycles. The lowest BCUT2D eigenvalue weighted by Gasteiger charge is -2.10. The van der Waals surface area contributed by atoms with Crippen molar-refractivity contribution in [2.45, 2.75) is 103 Å². The van der Waals surface area contributed by atoms with Gasteiger partial charge in [0.15, 0.2) is 0 Å². The number of hydrogen-bond donors (Lipinski definition) is 1. The molecule has 0 fully saturated rings. The summed E-state index contributed by atoms with van der Waals surface area (Å²) >= 11 is 0. The highest BCUT2D eigenvalue weighted by molar-refractivity contribution is 4.56. The van der Waals surface area contributed by atoms with Gasteiger partial charge in [-0.2, -0.15) is 0 Å². The molecule has 2 heteroatoms.